The van der Waals surface area contributed by atoms with Crippen molar-refractivity contribution in [2.75, 3.05) is 5.32 Å². The standard InChI is InChI=1S/C15H13BrF3NO/c1-9(11-4-2-3-5-12(11)16)20-10-6-7-14(13(17)8-10)21-15(18)19/h2-9,15,20H,1H3. The Kier molecular flexibility index (Phi) is 5.12. The minimum absolute atomic E-state index is 0.0816. The van der Waals surface area contributed by atoms with E-state index in [1.807, 2.05) is 31.2 Å². The van der Waals surface area contributed by atoms with Crippen molar-refractivity contribution in [1.82, 2.24) is 0 Å². The van der Waals surface area contributed by atoms with E-state index in [9.17, 15) is 13.2 Å². The van der Waals surface area contributed by atoms with Crippen LogP contribution in [0, 0.1) is 5.82 Å². The van der Waals surface area contributed by atoms with Crippen LogP contribution in [0.2, 0.25) is 0 Å². The first kappa shape index (κ1) is 15.7. The van der Waals surface area contributed by atoms with E-state index in [0.717, 1.165) is 16.1 Å². The monoisotopic (exact) mass is 359 g/mol. The van der Waals surface area contributed by atoms with Gasteiger partial charge >= 0.3 is 6.61 Å². The summed E-state index contributed by atoms with van der Waals surface area (Å²) in [7, 11) is 0. The van der Waals surface area contributed by atoms with Gasteiger partial charge in [-0.3, -0.25) is 0 Å². The molecular formula is C15H13BrF3NO. The molecule has 112 valence electrons. The predicted octanol–water partition coefficient (Wildman–Crippen LogP) is 5.36. The van der Waals surface area contributed by atoms with Gasteiger partial charge in [0.15, 0.2) is 11.6 Å². The van der Waals surface area contributed by atoms with E-state index in [2.05, 4.69) is 26.0 Å². The summed E-state index contributed by atoms with van der Waals surface area (Å²) in [5.74, 6) is -1.30. The van der Waals surface area contributed by atoms with Gasteiger partial charge in [0, 0.05) is 22.3 Å². The van der Waals surface area contributed by atoms with Crippen LogP contribution in [-0.2, 0) is 0 Å². The number of benzene rings is 2. The van der Waals surface area contributed by atoms with Crippen LogP contribution in [0.15, 0.2) is 46.9 Å². The Hall–Kier alpha value is -1.69. The van der Waals surface area contributed by atoms with Gasteiger partial charge in [-0.05, 0) is 30.7 Å². The second-order valence-corrected chi connectivity index (χ2v) is 5.27. The Balaban J connectivity index is 2.13. The molecule has 0 fully saturated rings. The van der Waals surface area contributed by atoms with Gasteiger partial charge in [-0.25, -0.2) is 4.39 Å². The van der Waals surface area contributed by atoms with E-state index in [1.54, 1.807) is 0 Å². The Labute approximate surface area is 129 Å². The topological polar surface area (TPSA) is 21.3 Å². The SMILES string of the molecule is CC(Nc1ccc(OC(F)F)c(F)c1)c1ccccc1Br. The van der Waals surface area contributed by atoms with E-state index >= 15 is 0 Å². The fraction of sp³-hybridized carbons (Fsp3) is 0.200. The molecule has 0 saturated carbocycles. The Morgan fingerprint density at radius 1 is 1.14 bits per heavy atom. The number of hydrogen-bond donors (Lipinski definition) is 1. The van der Waals surface area contributed by atoms with Crippen LogP contribution in [0.4, 0.5) is 18.9 Å². The van der Waals surface area contributed by atoms with Crippen molar-refractivity contribution in [2.24, 2.45) is 0 Å². The van der Waals surface area contributed by atoms with Crippen LogP contribution in [0.5, 0.6) is 5.75 Å². The quantitative estimate of drug-likeness (QED) is 0.775. The number of alkyl halides is 2. The van der Waals surface area contributed by atoms with Crippen molar-refractivity contribution in [3.63, 3.8) is 0 Å². The van der Waals surface area contributed by atoms with Crippen molar-refractivity contribution in [3.8, 4) is 5.75 Å². The van der Waals surface area contributed by atoms with Gasteiger partial charge in [0.1, 0.15) is 0 Å². The molecule has 0 amide bonds. The molecule has 0 aliphatic carbocycles. The minimum atomic E-state index is -3.04. The summed E-state index contributed by atoms with van der Waals surface area (Å²) in [6.07, 6.45) is 0. The molecule has 2 nitrogen and oxygen atoms in total. The molecule has 0 aliphatic heterocycles. The maximum Gasteiger partial charge on any atom is 0.387 e. The molecule has 0 spiro atoms. The Morgan fingerprint density at radius 3 is 2.48 bits per heavy atom. The maximum absolute atomic E-state index is 13.6. The van der Waals surface area contributed by atoms with E-state index < -0.39 is 18.2 Å². The molecule has 6 heteroatoms. The van der Waals surface area contributed by atoms with Gasteiger partial charge in [0.05, 0.1) is 0 Å². The van der Waals surface area contributed by atoms with Gasteiger partial charge in [-0.15, -0.1) is 0 Å². The van der Waals surface area contributed by atoms with Crippen LogP contribution >= 0.6 is 15.9 Å². The highest BCUT2D eigenvalue weighted by atomic mass is 79.9. The number of nitrogens with one attached hydrogen (secondary N) is 1. The first-order valence-corrected chi connectivity index (χ1v) is 7.02. The lowest BCUT2D eigenvalue weighted by Crippen LogP contribution is -2.08. The maximum atomic E-state index is 13.6. The van der Waals surface area contributed by atoms with Gasteiger partial charge in [0.2, 0.25) is 0 Å². The van der Waals surface area contributed by atoms with E-state index in [1.165, 1.54) is 12.1 Å². The lowest BCUT2D eigenvalue weighted by molar-refractivity contribution is -0.0521. The summed E-state index contributed by atoms with van der Waals surface area (Å²) in [4.78, 5) is 0. The van der Waals surface area contributed by atoms with Gasteiger partial charge in [-0.2, -0.15) is 8.78 Å². The van der Waals surface area contributed by atoms with Crippen molar-refractivity contribution < 1.29 is 17.9 Å². The highest BCUT2D eigenvalue weighted by Crippen LogP contribution is 2.28. The van der Waals surface area contributed by atoms with Crippen molar-refractivity contribution in [1.29, 1.82) is 0 Å². The molecule has 0 aromatic heterocycles. The molecule has 2 aromatic rings. The number of halogens is 4. The third kappa shape index (κ3) is 4.14. The number of hydrogen-bond acceptors (Lipinski definition) is 2. The van der Waals surface area contributed by atoms with Crippen molar-refractivity contribution >= 4 is 21.6 Å². The van der Waals surface area contributed by atoms with Crippen LogP contribution < -0.4 is 10.1 Å². The molecule has 2 rings (SSSR count). The lowest BCUT2D eigenvalue weighted by atomic mass is 10.1. The Bertz CT molecular complexity index is 622. The smallest absolute Gasteiger partial charge is 0.387 e. The number of ether oxygens (including phenoxy) is 1. The summed E-state index contributed by atoms with van der Waals surface area (Å²) in [5.41, 5.74) is 1.49. The summed E-state index contributed by atoms with van der Waals surface area (Å²) in [6.45, 7) is -1.13. The molecule has 0 aliphatic rings. The zero-order valence-electron chi connectivity index (χ0n) is 11.1. The minimum Gasteiger partial charge on any atom is -0.432 e. The van der Waals surface area contributed by atoms with E-state index in [0.29, 0.717) is 5.69 Å². The third-order valence-corrected chi connectivity index (χ3v) is 3.63. The number of anilines is 1. The first-order chi connectivity index (χ1) is 9.97. The molecular weight excluding hydrogens is 347 g/mol. The van der Waals surface area contributed by atoms with Crippen LogP contribution in [0.3, 0.4) is 0 Å². The largest absolute Gasteiger partial charge is 0.432 e. The van der Waals surface area contributed by atoms with Crippen LogP contribution in [0.25, 0.3) is 0 Å². The van der Waals surface area contributed by atoms with E-state index in [4.69, 9.17) is 0 Å². The zero-order chi connectivity index (χ0) is 15.4. The summed E-state index contributed by atoms with van der Waals surface area (Å²) >= 11 is 3.45. The molecule has 1 N–H and O–H groups in total. The highest BCUT2D eigenvalue weighted by molar-refractivity contribution is 9.10. The fourth-order valence-electron chi connectivity index (χ4n) is 1.94. The van der Waals surface area contributed by atoms with Gasteiger partial charge in [-0.1, -0.05) is 34.1 Å². The van der Waals surface area contributed by atoms with Crippen molar-refractivity contribution in [3.05, 3.63) is 58.3 Å². The Morgan fingerprint density at radius 2 is 1.86 bits per heavy atom. The second-order valence-electron chi connectivity index (χ2n) is 4.41. The molecule has 1 unspecified atom stereocenters. The number of rotatable bonds is 5. The molecule has 2 aromatic carbocycles. The molecule has 21 heavy (non-hydrogen) atoms. The van der Waals surface area contributed by atoms with Crippen LogP contribution in [0.1, 0.15) is 18.5 Å². The lowest BCUT2D eigenvalue weighted by Gasteiger charge is -2.17. The third-order valence-electron chi connectivity index (χ3n) is 2.90. The molecule has 0 heterocycles. The second kappa shape index (κ2) is 6.85. The average Bonchev–Trinajstić information content (AvgIpc) is 2.42. The van der Waals surface area contributed by atoms with Crippen molar-refractivity contribution in [2.45, 2.75) is 19.6 Å². The summed E-state index contributed by atoms with van der Waals surface area (Å²) < 4.78 is 42.8. The molecule has 0 radical (unpaired) electrons. The highest BCUT2D eigenvalue weighted by Gasteiger charge is 2.12. The normalized spacial score (nSPS) is 12.3. The zero-order valence-corrected chi connectivity index (χ0v) is 12.7. The van der Waals surface area contributed by atoms with Gasteiger partial charge in [0.25, 0.3) is 0 Å². The molecule has 1 atom stereocenters. The van der Waals surface area contributed by atoms with Crippen LogP contribution in [-0.4, -0.2) is 6.61 Å². The predicted molar refractivity (Wildman–Crippen MR) is 79.2 cm³/mol. The van der Waals surface area contributed by atoms with Gasteiger partial charge < -0.3 is 10.1 Å². The summed E-state index contributed by atoms with van der Waals surface area (Å²) in [6, 6.07) is 11.4. The van der Waals surface area contributed by atoms with E-state index in [-0.39, 0.29) is 6.04 Å². The average molecular weight is 360 g/mol. The summed E-state index contributed by atoms with van der Waals surface area (Å²) in [5, 5.41) is 3.11. The molecule has 0 saturated heterocycles. The molecule has 0 bridgehead atoms. The fourth-order valence-corrected chi connectivity index (χ4v) is 2.56. The first-order valence-electron chi connectivity index (χ1n) is 6.22.